The first-order chi connectivity index (χ1) is 15.4. The summed E-state index contributed by atoms with van der Waals surface area (Å²) in [7, 11) is -2.75. The lowest BCUT2D eigenvalue weighted by molar-refractivity contribution is -0.0839. The van der Waals surface area contributed by atoms with Gasteiger partial charge in [0.2, 0.25) is 0 Å². The number of hydrogen-bond acceptors (Lipinski definition) is 4. The Morgan fingerprint density at radius 2 is 1.25 bits per heavy atom. The lowest BCUT2D eigenvalue weighted by Gasteiger charge is -2.43. The normalized spacial score (nSPS) is 14.2. The van der Waals surface area contributed by atoms with E-state index in [0.29, 0.717) is 6.61 Å². The van der Waals surface area contributed by atoms with E-state index in [-0.39, 0.29) is 18.3 Å². The van der Waals surface area contributed by atoms with Gasteiger partial charge < -0.3 is 19.4 Å². The van der Waals surface area contributed by atoms with Crippen LogP contribution in [0.1, 0.15) is 26.3 Å². The maximum Gasteiger partial charge on any atom is 0.261 e. The van der Waals surface area contributed by atoms with Crippen LogP contribution in [0.3, 0.4) is 0 Å². The average Bonchev–Trinajstić information content (AvgIpc) is 2.81. The molecule has 2 N–H and O–H groups in total. The van der Waals surface area contributed by atoms with Gasteiger partial charge in [-0.1, -0.05) is 112 Å². The second-order valence-corrected chi connectivity index (χ2v) is 13.4. The minimum Gasteiger partial charge on any atom is -0.405 e. The summed E-state index contributed by atoms with van der Waals surface area (Å²) in [4.78, 5) is 0. The SMILES string of the molecule is CC(C)(C)[Si](OCC(O)C(CO)OCc1ccccc1)(c1ccccc1)c1ccccc1. The summed E-state index contributed by atoms with van der Waals surface area (Å²) in [6.07, 6.45) is -1.68. The van der Waals surface area contributed by atoms with Gasteiger partial charge >= 0.3 is 0 Å². The Hall–Kier alpha value is -2.28. The van der Waals surface area contributed by atoms with Crippen LogP contribution in [0.15, 0.2) is 91.0 Å². The molecule has 3 aromatic rings. The fraction of sp³-hybridized carbons (Fsp3) is 0.333. The van der Waals surface area contributed by atoms with Gasteiger partial charge in [0.15, 0.2) is 0 Å². The summed E-state index contributed by atoms with van der Waals surface area (Å²) in [5.74, 6) is 0. The van der Waals surface area contributed by atoms with E-state index in [9.17, 15) is 10.2 Å². The first-order valence-corrected chi connectivity index (χ1v) is 13.0. The summed E-state index contributed by atoms with van der Waals surface area (Å²) in [5.41, 5.74) is 0.992. The number of aliphatic hydroxyl groups excluding tert-OH is 2. The molecule has 3 aromatic carbocycles. The zero-order valence-electron chi connectivity index (χ0n) is 19.1. The molecular formula is C27H34O4Si. The van der Waals surface area contributed by atoms with E-state index >= 15 is 0 Å². The van der Waals surface area contributed by atoms with Gasteiger partial charge in [-0.3, -0.25) is 0 Å². The van der Waals surface area contributed by atoms with Crippen molar-refractivity contribution in [1.29, 1.82) is 0 Å². The third-order valence-corrected chi connectivity index (χ3v) is 10.8. The Kier molecular flexibility index (Phi) is 8.40. The van der Waals surface area contributed by atoms with Crippen molar-refractivity contribution in [3.63, 3.8) is 0 Å². The topological polar surface area (TPSA) is 58.9 Å². The molecular weight excluding hydrogens is 416 g/mol. The summed E-state index contributed by atoms with van der Waals surface area (Å²) in [5, 5.41) is 22.9. The molecule has 32 heavy (non-hydrogen) atoms. The highest BCUT2D eigenvalue weighted by Gasteiger charge is 2.50. The van der Waals surface area contributed by atoms with Crippen molar-refractivity contribution < 1.29 is 19.4 Å². The smallest absolute Gasteiger partial charge is 0.261 e. The molecule has 0 aromatic heterocycles. The third kappa shape index (κ3) is 5.55. The molecule has 2 unspecified atom stereocenters. The van der Waals surface area contributed by atoms with Gasteiger partial charge in [0, 0.05) is 0 Å². The molecule has 0 aliphatic heterocycles. The Labute approximate surface area is 192 Å². The number of hydrogen-bond donors (Lipinski definition) is 2. The molecule has 3 rings (SSSR count). The fourth-order valence-corrected chi connectivity index (χ4v) is 8.72. The zero-order valence-corrected chi connectivity index (χ0v) is 20.1. The van der Waals surface area contributed by atoms with E-state index in [1.165, 1.54) is 0 Å². The molecule has 0 heterocycles. The zero-order chi connectivity index (χ0) is 23.0. The van der Waals surface area contributed by atoms with Gasteiger partial charge in [0.05, 0.1) is 19.8 Å². The van der Waals surface area contributed by atoms with Gasteiger partial charge in [-0.2, -0.15) is 0 Å². The van der Waals surface area contributed by atoms with Crippen molar-refractivity contribution in [3.05, 3.63) is 96.6 Å². The molecule has 0 radical (unpaired) electrons. The van der Waals surface area contributed by atoms with Gasteiger partial charge in [-0.05, 0) is 21.0 Å². The van der Waals surface area contributed by atoms with Gasteiger partial charge in [-0.15, -0.1) is 0 Å². The van der Waals surface area contributed by atoms with Crippen molar-refractivity contribution in [2.75, 3.05) is 13.2 Å². The average molecular weight is 451 g/mol. The predicted octanol–water partition coefficient (Wildman–Crippen LogP) is 3.50. The maximum absolute atomic E-state index is 10.9. The van der Waals surface area contributed by atoms with Crippen LogP contribution < -0.4 is 10.4 Å². The second-order valence-electron chi connectivity index (χ2n) is 9.06. The number of ether oxygens (including phenoxy) is 1. The maximum atomic E-state index is 10.9. The van der Waals surface area contributed by atoms with E-state index in [1.54, 1.807) is 0 Å². The highest BCUT2D eigenvalue weighted by Crippen LogP contribution is 2.36. The van der Waals surface area contributed by atoms with Crippen LogP contribution in [0.2, 0.25) is 5.04 Å². The Morgan fingerprint density at radius 3 is 1.69 bits per heavy atom. The molecule has 0 saturated carbocycles. The van der Waals surface area contributed by atoms with Crippen molar-refractivity contribution in [3.8, 4) is 0 Å². The molecule has 5 heteroatoms. The van der Waals surface area contributed by atoms with Crippen LogP contribution in [0.4, 0.5) is 0 Å². The lowest BCUT2D eigenvalue weighted by atomic mass is 10.2. The summed E-state index contributed by atoms with van der Waals surface area (Å²) >= 11 is 0. The van der Waals surface area contributed by atoms with Gasteiger partial charge in [-0.25, -0.2) is 0 Å². The summed E-state index contributed by atoms with van der Waals surface area (Å²) < 4.78 is 12.6. The van der Waals surface area contributed by atoms with Gasteiger partial charge in [0.25, 0.3) is 8.32 Å². The Balaban J connectivity index is 1.85. The van der Waals surface area contributed by atoms with Crippen LogP contribution in [-0.2, 0) is 15.8 Å². The fourth-order valence-electron chi connectivity index (χ4n) is 4.14. The monoisotopic (exact) mass is 450 g/mol. The van der Waals surface area contributed by atoms with E-state index in [1.807, 2.05) is 66.7 Å². The lowest BCUT2D eigenvalue weighted by Crippen LogP contribution is -2.67. The van der Waals surface area contributed by atoms with E-state index in [0.717, 1.165) is 15.9 Å². The summed E-state index contributed by atoms with van der Waals surface area (Å²) in [6.45, 7) is 6.71. The number of benzene rings is 3. The second kappa shape index (κ2) is 11.0. The molecule has 0 aliphatic carbocycles. The minimum absolute atomic E-state index is 0.0767. The first kappa shape index (κ1) is 24.4. The third-order valence-electron chi connectivity index (χ3n) is 5.80. The van der Waals surface area contributed by atoms with Crippen molar-refractivity contribution >= 4 is 18.7 Å². The molecule has 170 valence electrons. The quantitative estimate of drug-likeness (QED) is 0.464. The molecule has 0 fully saturated rings. The van der Waals surface area contributed by atoms with Crippen LogP contribution in [0.5, 0.6) is 0 Å². The number of aliphatic hydroxyl groups is 2. The number of rotatable bonds is 10. The van der Waals surface area contributed by atoms with Crippen molar-refractivity contribution in [2.45, 2.75) is 44.6 Å². The molecule has 2 atom stereocenters. The van der Waals surface area contributed by atoms with Crippen LogP contribution in [-0.4, -0.2) is 44.0 Å². The molecule has 0 aliphatic rings. The van der Waals surface area contributed by atoms with Crippen LogP contribution in [0.25, 0.3) is 0 Å². The highest BCUT2D eigenvalue weighted by atomic mass is 28.4. The molecule has 0 saturated heterocycles. The predicted molar refractivity (Wildman–Crippen MR) is 132 cm³/mol. The van der Waals surface area contributed by atoms with E-state index in [4.69, 9.17) is 9.16 Å². The first-order valence-electron chi connectivity index (χ1n) is 11.1. The molecule has 0 spiro atoms. The van der Waals surface area contributed by atoms with Crippen molar-refractivity contribution in [1.82, 2.24) is 0 Å². The standard InChI is InChI=1S/C27H34O4Si/c1-27(2,3)32(23-15-9-5-10-16-23,24-17-11-6-12-18-24)31-21-25(29)26(19-28)30-20-22-13-7-4-8-14-22/h4-18,25-26,28-29H,19-21H2,1-3H3. The van der Waals surface area contributed by atoms with E-state index < -0.39 is 20.5 Å². The molecule has 0 bridgehead atoms. The minimum atomic E-state index is -2.75. The molecule has 4 nitrogen and oxygen atoms in total. The van der Waals surface area contributed by atoms with Gasteiger partial charge in [0.1, 0.15) is 12.2 Å². The Morgan fingerprint density at radius 1 is 0.781 bits per heavy atom. The highest BCUT2D eigenvalue weighted by molar-refractivity contribution is 6.99. The summed E-state index contributed by atoms with van der Waals surface area (Å²) in [6, 6.07) is 30.3. The van der Waals surface area contributed by atoms with Crippen LogP contribution in [0, 0.1) is 0 Å². The Bertz CT molecular complexity index is 887. The largest absolute Gasteiger partial charge is 0.405 e. The van der Waals surface area contributed by atoms with E-state index in [2.05, 4.69) is 45.0 Å². The molecule has 0 amide bonds. The van der Waals surface area contributed by atoms with Crippen molar-refractivity contribution in [2.24, 2.45) is 0 Å². The van der Waals surface area contributed by atoms with Crippen LogP contribution >= 0.6 is 0 Å².